The predicted octanol–water partition coefficient (Wildman–Crippen LogP) is 3.81. The van der Waals surface area contributed by atoms with Crippen LogP contribution in [0, 0.1) is 6.92 Å². The highest BCUT2D eigenvalue weighted by Gasteiger charge is 2.28. The first-order valence-electron chi connectivity index (χ1n) is 9.11. The molecular weight excluding hydrogens is 385 g/mol. The number of aryl methyl sites for hydroxylation is 1. The average Bonchev–Trinajstić information content (AvgIpc) is 3.31. The van der Waals surface area contributed by atoms with Crippen LogP contribution < -0.4 is 4.90 Å². The Morgan fingerprint density at radius 3 is 2.78 bits per heavy atom. The number of rotatable bonds is 2. The van der Waals surface area contributed by atoms with Gasteiger partial charge in [0.15, 0.2) is 5.82 Å². The van der Waals surface area contributed by atoms with E-state index in [1.807, 2.05) is 23.6 Å². The molecule has 2 aromatic heterocycles. The Bertz CT molecular complexity index is 1030. The summed E-state index contributed by atoms with van der Waals surface area (Å²) < 4.78 is 7.50. The third kappa shape index (κ3) is 2.87. The van der Waals surface area contributed by atoms with Crippen molar-refractivity contribution in [1.82, 2.24) is 19.6 Å². The summed E-state index contributed by atoms with van der Waals surface area (Å²) in [6, 6.07) is 3.95. The van der Waals surface area contributed by atoms with Crippen molar-refractivity contribution in [3.63, 3.8) is 0 Å². The Morgan fingerprint density at radius 2 is 2.00 bits per heavy atom. The summed E-state index contributed by atoms with van der Waals surface area (Å²) in [7, 11) is 0. The summed E-state index contributed by atoms with van der Waals surface area (Å²) in [5.41, 5.74) is 4.48. The number of aromatic nitrogens is 4. The van der Waals surface area contributed by atoms with E-state index in [9.17, 15) is 0 Å². The number of hydrogen-bond donors (Lipinski definition) is 0. The largest absolute Gasteiger partial charge is 0.381 e. The number of ether oxygens (including phenoxy) is 1. The van der Waals surface area contributed by atoms with E-state index < -0.39 is 0 Å². The maximum atomic E-state index is 6.24. The molecule has 0 radical (unpaired) electrons. The second-order valence-electron chi connectivity index (χ2n) is 7.16. The van der Waals surface area contributed by atoms with Gasteiger partial charge in [0.1, 0.15) is 17.7 Å². The summed E-state index contributed by atoms with van der Waals surface area (Å²) in [4.78, 5) is 11.7. The van der Waals surface area contributed by atoms with Gasteiger partial charge in [0.25, 0.3) is 0 Å². The monoisotopic (exact) mass is 403 g/mol. The van der Waals surface area contributed by atoms with E-state index >= 15 is 0 Å². The summed E-state index contributed by atoms with van der Waals surface area (Å²) >= 11 is 12.4. The first kappa shape index (κ1) is 17.2. The molecule has 0 aliphatic carbocycles. The maximum Gasteiger partial charge on any atom is 0.158 e. The summed E-state index contributed by atoms with van der Waals surface area (Å²) in [6.07, 6.45) is 3.49. The van der Waals surface area contributed by atoms with Gasteiger partial charge in [-0.3, -0.25) is 0 Å². The summed E-state index contributed by atoms with van der Waals surface area (Å²) in [5, 5.41) is 5.64. The number of benzene rings is 1. The highest BCUT2D eigenvalue weighted by atomic mass is 35.5. The fraction of sp³-hybridized carbons (Fsp3) is 0.421. The molecule has 0 spiro atoms. The SMILES string of the molecule is Cc1nc([C@H]2CCOC2)c2c(N3CCc4cc(Cl)c(Cl)cc4C3)ncnn12. The molecule has 0 N–H and O–H groups in total. The lowest BCUT2D eigenvalue weighted by atomic mass is 9.99. The van der Waals surface area contributed by atoms with Crippen molar-refractivity contribution in [3.05, 3.63) is 51.2 Å². The first-order valence-corrected chi connectivity index (χ1v) is 9.87. The van der Waals surface area contributed by atoms with Gasteiger partial charge in [-0.15, -0.1) is 0 Å². The van der Waals surface area contributed by atoms with Gasteiger partial charge in [-0.25, -0.2) is 14.5 Å². The fourth-order valence-electron chi connectivity index (χ4n) is 4.09. The van der Waals surface area contributed by atoms with E-state index in [0.717, 1.165) is 55.4 Å². The van der Waals surface area contributed by atoms with Crippen LogP contribution in [0.4, 0.5) is 5.82 Å². The molecule has 0 unspecified atom stereocenters. The van der Waals surface area contributed by atoms with E-state index in [1.165, 1.54) is 11.1 Å². The van der Waals surface area contributed by atoms with Gasteiger partial charge >= 0.3 is 0 Å². The van der Waals surface area contributed by atoms with E-state index in [0.29, 0.717) is 22.6 Å². The van der Waals surface area contributed by atoms with Crippen LogP contribution >= 0.6 is 23.2 Å². The van der Waals surface area contributed by atoms with Crippen molar-refractivity contribution < 1.29 is 4.74 Å². The van der Waals surface area contributed by atoms with Gasteiger partial charge in [-0.05, 0) is 43.0 Å². The Morgan fingerprint density at radius 1 is 1.19 bits per heavy atom. The second-order valence-corrected chi connectivity index (χ2v) is 7.97. The molecule has 0 saturated carbocycles. The number of anilines is 1. The highest BCUT2D eigenvalue weighted by Crippen LogP contribution is 2.35. The molecule has 2 aliphatic heterocycles. The smallest absolute Gasteiger partial charge is 0.158 e. The zero-order valence-electron chi connectivity index (χ0n) is 15.0. The minimum atomic E-state index is 0.295. The standard InChI is InChI=1S/C19H19Cl2N5O/c1-11-24-17(13-3-5-27-9-13)18-19(22-10-23-26(11)18)25-4-2-12-6-15(20)16(21)7-14(12)8-25/h6-7,10,13H,2-5,8-9H2,1H3/t13-/m0/s1. The van der Waals surface area contributed by atoms with Gasteiger partial charge in [-0.2, -0.15) is 5.10 Å². The number of halogens is 2. The van der Waals surface area contributed by atoms with Crippen LogP contribution in [0.1, 0.15) is 35.0 Å². The maximum absolute atomic E-state index is 6.24. The van der Waals surface area contributed by atoms with Crippen molar-refractivity contribution in [2.24, 2.45) is 0 Å². The average molecular weight is 404 g/mol. The Hall–Kier alpha value is -1.89. The minimum Gasteiger partial charge on any atom is -0.381 e. The Balaban J connectivity index is 1.60. The topological polar surface area (TPSA) is 55.5 Å². The third-order valence-electron chi connectivity index (χ3n) is 5.47. The lowest BCUT2D eigenvalue weighted by molar-refractivity contribution is 0.193. The van der Waals surface area contributed by atoms with Crippen molar-refractivity contribution >= 4 is 34.5 Å². The molecule has 1 aromatic carbocycles. The molecule has 3 aromatic rings. The molecule has 4 heterocycles. The van der Waals surface area contributed by atoms with Crippen molar-refractivity contribution in [2.75, 3.05) is 24.7 Å². The van der Waals surface area contributed by atoms with Crippen LogP contribution in [0.3, 0.4) is 0 Å². The van der Waals surface area contributed by atoms with Crippen LogP contribution in [-0.2, 0) is 17.7 Å². The van der Waals surface area contributed by atoms with E-state index in [2.05, 4.69) is 15.0 Å². The zero-order chi connectivity index (χ0) is 18.5. The predicted molar refractivity (Wildman–Crippen MR) is 105 cm³/mol. The normalized spacial score (nSPS) is 19.7. The van der Waals surface area contributed by atoms with Crippen LogP contribution in [0.15, 0.2) is 18.5 Å². The quantitative estimate of drug-likeness (QED) is 0.650. The van der Waals surface area contributed by atoms with Crippen molar-refractivity contribution in [2.45, 2.75) is 32.2 Å². The van der Waals surface area contributed by atoms with E-state index in [1.54, 1.807) is 6.33 Å². The Labute approximate surface area is 167 Å². The third-order valence-corrected chi connectivity index (χ3v) is 6.19. The molecule has 1 fully saturated rings. The van der Waals surface area contributed by atoms with Gasteiger partial charge in [0.05, 0.1) is 22.3 Å². The molecule has 5 rings (SSSR count). The number of fused-ring (bicyclic) bond motifs is 2. The molecule has 1 saturated heterocycles. The van der Waals surface area contributed by atoms with Crippen LogP contribution in [0.2, 0.25) is 10.0 Å². The molecule has 1 atom stereocenters. The molecule has 140 valence electrons. The molecule has 6 nitrogen and oxygen atoms in total. The molecular formula is C19H19Cl2N5O. The molecule has 2 aliphatic rings. The van der Waals surface area contributed by atoms with Gasteiger partial charge in [0.2, 0.25) is 0 Å². The van der Waals surface area contributed by atoms with Crippen molar-refractivity contribution in [3.8, 4) is 0 Å². The van der Waals surface area contributed by atoms with Gasteiger partial charge in [-0.1, -0.05) is 23.2 Å². The van der Waals surface area contributed by atoms with Gasteiger partial charge in [0, 0.05) is 25.6 Å². The number of hydrogen-bond acceptors (Lipinski definition) is 5. The van der Waals surface area contributed by atoms with E-state index in [4.69, 9.17) is 32.9 Å². The molecule has 8 heteroatoms. The minimum absolute atomic E-state index is 0.295. The van der Waals surface area contributed by atoms with Crippen LogP contribution in [-0.4, -0.2) is 39.3 Å². The molecule has 27 heavy (non-hydrogen) atoms. The number of imidazole rings is 1. The zero-order valence-corrected chi connectivity index (χ0v) is 16.5. The van der Waals surface area contributed by atoms with Crippen molar-refractivity contribution in [1.29, 1.82) is 0 Å². The number of nitrogens with zero attached hydrogens (tertiary/aromatic N) is 5. The van der Waals surface area contributed by atoms with E-state index in [-0.39, 0.29) is 0 Å². The fourth-order valence-corrected chi connectivity index (χ4v) is 4.46. The Kier molecular flexibility index (Phi) is 4.22. The molecule has 0 bridgehead atoms. The lowest BCUT2D eigenvalue weighted by Gasteiger charge is -2.30. The summed E-state index contributed by atoms with van der Waals surface area (Å²) in [5.74, 6) is 2.09. The van der Waals surface area contributed by atoms with Crippen LogP contribution in [0.5, 0.6) is 0 Å². The molecule has 0 amide bonds. The second kappa shape index (κ2) is 6.62. The first-order chi connectivity index (χ1) is 13.1. The highest BCUT2D eigenvalue weighted by molar-refractivity contribution is 6.42. The van der Waals surface area contributed by atoms with Crippen LogP contribution in [0.25, 0.3) is 5.52 Å². The van der Waals surface area contributed by atoms with Gasteiger partial charge < -0.3 is 9.64 Å². The lowest BCUT2D eigenvalue weighted by Crippen LogP contribution is -2.31. The summed E-state index contributed by atoms with van der Waals surface area (Å²) in [6.45, 7) is 5.07.